The van der Waals surface area contributed by atoms with Crippen molar-refractivity contribution in [1.29, 1.82) is 0 Å². The molecule has 0 bridgehead atoms. The molecule has 154 valence electrons. The number of fused-ring (bicyclic) bond motifs is 1. The van der Waals surface area contributed by atoms with Crippen LogP contribution in [0.25, 0.3) is 16.9 Å². The van der Waals surface area contributed by atoms with Gasteiger partial charge >= 0.3 is 0 Å². The van der Waals surface area contributed by atoms with E-state index < -0.39 is 10.8 Å². The van der Waals surface area contributed by atoms with Gasteiger partial charge in [0.1, 0.15) is 5.69 Å². The van der Waals surface area contributed by atoms with Gasteiger partial charge in [0, 0.05) is 35.0 Å². The van der Waals surface area contributed by atoms with Crippen LogP contribution in [0, 0.1) is 10.1 Å². The Balaban J connectivity index is 1.37. The van der Waals surface area contributed by atoms with E-state index in [1.165, 1.54) is 46.6 Å². The Hall–Kier alpha value is -4.25. The van der Waals surface area contributed by atoms with Crippen LogP contribution in [0.2, 0.25) is 0 Å². The van der Waals surface area contributed by atoms with Crippen molar-refractivity contribution in [1.82, 2.24) is 14.5 Å². The first-order chi connectivity index (χ1) is 15.1. The maximum atomic E-state index is 12.7. The summed E-state index contributed by atoms with van der Waals surface area (Å²) in [6.45, 7) is 0.183. The average Bonchev–Trinajstić information content (AvgIpc) is 3.53. The van der Waals surface area contributed by atoms with E-state index in [0.717, 1.165) is 5.56 Å². The number of nitro benzene ring substituents is 1. The first kappa shape index (κ1) is 18.8. The Morgan fingerprint density at radius 1 is 1.19 bits per heavy atom. The lowest BCUT2D eigenvalue weighted by atomic mass is 10.1. The normalized spacial score (nSPS) is 12.0. The predicted molar refractivity (Wildman–Crippen MR) is 112 cm³/mol. The second-order valence-electron chi connectivity index (χ2n) is 6.49. The van der Waals surface area contributed by atoms with Gasteiger partial charge in [-0.2, -0.15) is 0 Å². The molecule has 0 atom stereocenters. The van der Waals surface area contributed by atoms with Crippen LogP contribution in [0.4, 0.5) is 10.8 Å². The number of carbonyl (C=O) groups excluding carboxylic acids is 1. The molecule has 10 nitrogen and oxygen atoms in total. The molecule has 0 unspecified atom stereocenters. The molecule has 2 aromatic carbocycles. The summed E-state index contributed by atoms with van der Waals surface area (Å²) in [5.41, 5.74) is 1.75. The number of benzene rings is 2. The fraction of sp³-hybridized carbons (Fsp3) is 0.0500. The SMILES string of the molecule is O=C(Nc1nc(-c2ccc3c(c2)OCO3)cs1)c1ccc(-n2ccnc2)c([N+](=O)[O-])c1. The van der Waals surface area contributed by atoms with Gasteiger partial charge in [-0.25, -0.2) is 9.97 Å². The Morgan fingerprint density at radius 3 is 2.87 bits per heavy atom. The summed E-state index contributed by atoms with van der Waals surface area (Å²) in [5.74, 6) is 0.821. The van der Waals surface area contributed by atoms with Crippen molar-refractivity contribution in [2.45, 2.75) is 0 Å². The Morgan fingerprint density at radius 2 is 2.06 bits per heavy atom. The molecule has 0 saturated carbocycles. The number of nitrogens with one attached hydrogen (secondary N) is 1. The monoisotopic (exact) mass is 435 g/mol. The lowest BCUT2D eigenvalue weighted by Crippen LogP contribution is -2.12. The Kier molecular flexibility index (Phi) is 4.56. The molecule has 11 heteroatoms. The van der Waals surface area contributed by atoms with E-state index >= 15 is 0 Å². The molecular weight excluding hydrogens is 422 g/mol. The minimum Gasteiger partial charge on any atom is -0.454 e. The van der Waals surface area contributed by atoms with E-state index in [-0.39, 0.29) is 18.0 Å². The first-order valence-corrected chi connectivity index (χ1v) is 9.90. The fourth-order valence-electron chi connectivity index (χ4n) is 3.12. The molecule has 0 saturated heterocycles. The van der Waals surface area contributed by atoms with Crippen LogP contribution >= 0.6 is 11.3 Å². The van der Waals surface area contributed by atoms with Crippen LogP contribution in [0.15, 0.2) is 60.5 Å². The average molecular weight is 435 g/mol. The zero-order valence-corrected chi connectivity index (χ0v) is 16.5. The number of thiazole rings is 1. The highest BCUT2D eigenvalue weighted by Crippen LogP contribution is 2.36. The maximum Gasteiger partial charge on any atom is 0.294 e. The van der Waals surface area contributed by atoms with E-state index in [4.69, 9.17) is 9.47 Å². The summed E-state index contributed by atoms with van der Waals surface area (Å²) in [6, 6.07) is 9.74. The highest BCUT2D eigenvalue weighted by molar-refractivity contribution is 7.14. The number of rotatable bonds is 5. The van der Waals surface area contributed by atoms with Crippen LogP contribution in [-0.4, -0.2) is 32.2 Å². The van der Waals surface area contributed by atoms with Gasteiger partial charge in [-0.15, -0.1) is 11.3 Å². The molecule has 31 heavy (non-hydrogen) atoms. The third-order valence-corrected chi connectivity index (χ3v) is 5.37. The predicted octanol–water partition coefficient (Wildman–Crippen LogP) is 3.89. The fourth-order valence-corrected chi connectivity index (χ4v) is 3.83. The summed E-state index contributed by atoms with van der Waals surface area (Å²) in [5, 5.41) is 16.4. The second-order valence-corrected chi connectivity index (χ2v) is 7.35. The molecule has 0 fully saturated rings. The molecule has 2 aromatic heterocycles. The molecule has 5 rings (SSSR count). The molecule has 0 radical (unpaired) electrons. The number of imidazole rings is 1. The van der Waals surface area contributed by atoms with Crippen molar-refractivity contribution in [3.8, 4) is 28.4 Å². The van der Waals surface area contributed by atoms with Crippen LogP contribution in [0.1, 0.15) is 10.4 Å². The summed E-state index contributed by atoms with van der Waals surface area (Å²) in [7, 11) is 0. The second kappa shape index (κ2) is 7.54. The highest BCUT2D eigenvalue weighted by Gasteiger charge is 2.20. The minimum atomic E-state index is -0.534. The van der Waals surface area contributed by atoms with Crippen LogP contribution in [0.5, 0.6) is 11.5 Å². The summed E-state index contributed by atoms with van der Waals surface area (Å²) < 4.78 is 12.2. The summed E-state index contributed by atoms with van der Waals surface area (Å²) in [4.78, 5) is 32.0. The van der Waals surface area contributed by atoms with Crippen LogP contribution in [-0.2, 0) is 0 Å². The quantitative estimate of drug-likeness (QED) is 0.373. The van der Waals surface area contributed by atoms with Gasteiger partial charge in [0.25, 0.3) is 11.6 Å². The summed E-state index contributed by atoms with van der Waals surface area (Å²) >= 11 is 1.25. The highest BCUT2D eigenvalue weighted by atomic mass is 32.1. The number of nitrogens with zero attached hydrogens (tertiary/aromatic N) is 4. The number of ether oxygens (including phenoxy) is 2. The Bertz CT molecular complexity index is 1300. The van der Waals surface area contributed by atoms with Gasteiger partial charge < -0.3 is 14.0 Å². The van der Waals surface area contributed by atoms with E-state index in [0.29, 0.717) is 28.0 Å². The van der Waals surface area contributed by atoms with Gasteiger partial charge in [-0.05, 0) is 30.3 Å². The van der Waals surface area contributed by atoms with Crippen LogP contribution in [0.3, 0.4) is 0 Å². The molecule has 1 N–H and O–H groups in total. The maximum absolute atomic E-state index is 12.7. The number of aromatic nitrogens is 3. The van der Waals surface area contributed by atoms with Crippen molar-refractivity contribution >= 4 is 28.1 Å². The molecule has 3 heterocycles. The lowest BCUT2D eigenvalue weighted by molar-refractivity contribution is -0.384. The van der Waals surface area contributed by atoms with Gasteiger partial charge in [0.15, 0.2) is 16.6 Å². The van der Waals surface area contributed by atoms with Crippen molar-refractivity contribution < 1.29 is 19.2 Å². The number of nitro groups is 1. The van der Waals surface area contributed by atoms with Gasteiger partial charge in [-0.1, -0.05) is 0 Å². The van der Waals surface area contributed by atoms with Crippen molar-refractivity contribution in [3.05, 3.63) is 76.2 Å². The number of hydrogen-bond donors (Lipinski definition) is 1. The zero-order chi connectivity index (χ0) is 21.4. The number of hydrogen-bond acceptors (Lipinski definition) is 8. The minimum absolute atomic E-state index is 0.149. The molecule has 1 amide bonds. The molecule has 4 aromatic rings. The van der Waals surface area contributed by atoms with E-state index in [2.05, 4.69) is 15.3 Å². The number of anilines is 1. The van der Waals surface area contributed by atoms with Gasteiger partial charge in [0.05, 0.1) is 16.9 Å². The van der Waals surface area contributed by atoms with Crippen molar-refractivity contribution in [3.63, 3.8) is 0 Å². The zero-order valence-electron chi connectivity index (χ0n) is 15.7. The third kappa shape index (κ3) is 3.57. The topological polar surface area (TPSA) is 121 Å². The molecule has 0 aliphatic carbocycles. The smallest absolute Gasteiger partial charge is 0.294 e. The van der Waals surface area contributed by atoms with Gasteiger partial charge in [-0.3, -0.25) is 20.2 Å². The molecular formula is C20H13N5O5S. The van der Waals surface area contributed by atoms with Crippen molar-refractivity contribution in [2.24, 2.45) is 0 Å². The van der Waals surface area contributed by atoms with E-state index in [1.54, 1.807) is 17.6 Å². The van der Waals surface area contributed by atoms with Crippen molar-refractivity contribution in [2.75, 3.05) is 12.1 Å². The summed E-state index contributed by atoms with van der Waals surface area (Å²) in [6.07, 6.45) is 4.56. The van der Waals surface area contributed by atoms with Gasteiger partial charge in [0.2, 0.25) is 6.79 Å². The van der Waals surface area contributed by atoms with E-state index in [1.807, 2.05) is 12.1 Å². The third-order valence-electron chi connectivity index (χ3n) is 4.61. The standard InChI is InChI=1S/C20H13N5O5S/c26-19(13-1-3-15(16(7-13)25(27)28)24-6-5-21-10-24)23-20-22-14(9-31-20)12-2-4-17-18(8-12)30-11-29-17/h1-10H,11H2,(H,22,23,26). The molecule has 1 aliphatic heterocycles. The largest absolute Gasteiger partial charge is 0.454 e. The van der Waals surface area contributed by atoms with Crippen LogP contribution < -0.4 is 14.8 Å². The first-order valence-electron chi connectivity index (χ1n) is 9.02. The number of amides is 1. The molecule has 1 aliphatic rings. The van der Waals surface area contributed by atoms with E-state index in [9.17, 15) is 14.9 Å². The lowest BCUT2D eigenvalue weighted by Gasteiger charge is -2.06. The molecule has 0 spiro atoms. The number of carbonyl (C=O) groups is 1. The Labute approximate surface area is 178 Å².